The van der Waals surface area contributed by atoms with Crippen LogP contribution in [0.1, 0.15) is 25.8 Å². The fourth-order valence-corrected chi connectivity index (χ4v) is 2.52. The summed E-state index contributed by atoms with van der Waals surface area (Å²) in [4.78, 5) is 12.2. The number of fused-ring (bicyclic) bond motifs is 1. The van der Waals surface area contributed by atoms with Crippen molar-refractivity contribution < 1.29 is 14.3 Å². The first-order valence-electron chi connectivity index (χ1n) is 8.11. The van der Waals surface area contributed by atoms with Gasteiger partial charge in [0, 0.05) is 13.1 Å². The van der Waals surface area contributed by atoms with Crippen LogP contribution < -0.4 is 20.1 Å². The van der Waals surface area contributed by atoms with Crippen LogP contribution in [0.25, 0.3) is 0 Å². The number of benzene rings is 1. The molecule has 122 valence electrons. The van der Waals surface area contributed by atoms with Crippen LogP contribution in [-0.2, 0) is 11.2 Å². The van der Waals surface area contributed by atoms with Crippen LogP contribution in [0.2, 0.25) is 0 Å². The number of carbonyl (C=O) groups excluding carboxylic acids is 1. The summed E-state index contributed by atoms with van der Waals surface area (Å²) in [5, 5.41) is 6.24. The van der Waals surface area contributed by atoms with Crippen molar-refractivity contribution in [2.75, 3.05) is 32.8 Å². The van der Waals surface area contributed by atoms with Crippen LogP contribution in [-0.4, -0.2) is 38.8 Å². The normalized spacial score (nSPS) is 16.5. The Kier molecular flexibility index (Phi) is 6.52. The molecular formula is C17H26N2O3. The van der Waals surface area contributed by atoms with Crippen LogP contribution in [0, 0.1) is 5.92 Å². The highest BCUT2D eigenvalue weighted by molar-refractivity contribution is 5.79. The van der Waals surface area contributed by atoms with Crippen molar-refractivity contribution in [1.82, 2.24) is 10.6 Å². The standard InChI is InChI=1S/C17H26N2O3/c1-3-7-18-8-9-19-17(20)14-10-13-11-15(21-4-2)5-6-16(13)22-12-14/h5-6,11,14,18H,3-4,7-10,12H2,1-2H3,(H,19,20). The first kappa shape index (κ1) is 16.6. The van der Waals surface area contributed by atoms with Crippen LogP contribution in [0.5, 0.6) is 11.5 Å². The molecule has 0 saturated carbocycles. The Morgan fingerprint density at radius 2 is 2.18 bits per heavy atom. The first-order valence-corrected chi connectivity index (χ1v) is 8.11. The molecule has 1 heterocycles. The molecule has 0 saturated heterocycles. The Morgan fingerprint density at radius 3 is 2.95 bits per heavy atom. The van der Waals surface area contributed by atoms with E-state index in [4.69, 9.17) is 9.47 Å². The van der Waals surface area contributed by atoms with E-state index in [0.717, 1.165) is 36.6 Å². The number of amides is 1. The summed E-state index contributed by atoms with van der Waals surface area (Å²) in [5.74, 6) is 1.62. The molecule has 1 aromatic rings. The summed E-state index contributed by atoms with van der Waals surface area (Å²) in [5.41, 5.74) is 1.04. The second kappa shape index (κ2) is 8.63. The lowest BCUT2D eigenvalue weighted by atomic mass is 9.96. The summed E-state index contributed by atoms with van der Waals surface area (Å²) >= 11 is 0. The first-order chi connectivity index (χ1) is 10.7. The molecule has 1 aliphatic rings. The Morgan fingerprint density at radius 1 is 1.32 bits per heavy atom. The Hall–Kier alpha value is -1.75. The van der Waals surface area contributed by atoms with E-state index < -0.39 is 0 Å². The molecule has 2 rings (SSSR count). The van der Waals surface area contributed by atoms with Crippen molar-refractivity contribution in [1.29, 1.82) is 0 Å². The van der Waals surface area contributed by atoms with E-state index in [9.17, 15) is 4.79 Å². The molecular weight excluding hydrogens is 280 g/mol. The van der Waals surface area contributed by atoms with Gasteiger partial charge >= 0.3 is 0 Å². The average molecular weight is 306 g/mol. The van der Waals surface area contributed by atoms with E-state index in [1.807, 2.05) is 25.1 Å². The summed E-state index contributed by atoms with van der Waals surface area (Å²) in [6, 6.07) is 5.80. The molecule has 0 spiro atoms. The number of rotatable bonds is 8. The highest BCUT2D eigenvalue weighted by Gasteiger charge is 2.26. The van der Waals surface area contributed by atoms with E-state index in [1.54, 1.807) is 0 Å². The minimum atomic E-state index is -0.129. The molecule has 0 fully saturated rings. The predicted octanol–water partition coefficient (Wildman–Crippen LogP) is 1.75. The quantitative estimate of drug-likeness (QED) is 0.719. The van der Waals surface area contributed by atoms with Gasteiger partial charge in [-0.2, -0.15) is 0 Å². The van der Waals surface area contributed by atoms with Crippen molar-refractivity contribution in [2.45, 2.75) is 26.7 Å². The zero-order valence-electron chi connectivity index (χ0n) is 13.5. The van der Waals surface area contributed by atoms with Gasteiger partial charge in [0.15, 0.2) is 0 Å². The van der Waals surface area contributed by atoms with E-state index in [0.29, 0.717) is 26.2 Å². The minimum absolute atomic E-state index is 0.0609. The molecule has 0 bridgehead atoms. The molecule has 5 heteroatoms. The molecule has 0 aromatic heterocycles. The second-order valence-corrected chi connectivity index (χ2v) is 5.46. The van der Waals surface area contributed by atoms with Gasteiger partial charge in [0.2, 0.25) is 5.91 Å². The van der Waals surface area contributed by atoms with Crippen molar-refractivity contribution >= 4 is 5.91 Å². The molecule has 22 heavy (non-hydrogen) atoms. The van der Waals surface area contributed by atoms with Crippen molar-refractivity contribution in [3.05, 3.63) is 23.8 Å². The Labute approximate surface area is 132 Å². The van der Waals surface area contributed by atoms with E-state index in [-0.39, 0.29) is 11.8 Å². The molecule has 1 unspecified atom stereocenters. The van der Waals surface area contributed by atoms with Gasteiger partial charge in [0.05, 0.1) is 12.5 Å². The van der Waals surface area contributed by atoms with Crippen molar-refractivity contribution in [3.8, 4) is 11.5 Å². The van der Waals surface area contributed by atoms with Crippen molar-refractivity contribution in [3.63, 3.8) is 0 Å². The Balaban J connectivity index is 1.85. The van der Waals surface area contributed by atoms with E-state index in [1.165, 1.54) is 0 Å². The molecule has 1 aromatic carbocycles. The van der Waals surface area contributed by atoms with Gasteiger partial charge in [-0.05, 0) is 50.1 Å². The summed E-state index contributed by atoms with van der Waals surface area (Å²) < 4.78 is 11.2. The highest BCUT2D eigenvalue weighted by Crippen LogP contribution is 2.30. The second-order valence-electron chi connectivity index (χ2n) is 5.46. The number of carbonyl (C=O) groups is 1. The van der Waals surface area contributed by atoms with Crippen molar-refractivity contribution in [2.24, 2.45) is 5.92 Å². The zero-order chi connectivity index (χ0) is 15.8. The Bertz CT molecular complexity index is 491. The largest absolute Gasteiger partial charge is 0.494 e. The average Bonchev–Trinajstić information content (AvgIpc) is 2.54. The van der Waals surface area contributed by atoms with Gasteiger partial charge < -0.3 is 20.1 Å². The fraction of sp³-hybridized carbons (Fsp3) is 0.588. The SMILES string of the molecule is CCCNCCNC(=O)C1COc2ccc(OCC)cc2C1. The molecule has 5 nitrogen and oxygen atoms in total. The van der Waals surface area contributed by atoms with Gasteiger partial charge in [0.25, 0.3) is 0 Å². The number of nitrogens with one attached hydrogen (secondary N) is 2. The fourth-order valence-electron chi connectivity index (χ4n) is 2.52. The number of hydrogen-bond donors (Lipinski definition) is 2. The summed E-state index contributed by atoms with van der Waals surface area (Å²) in [7, 11) is 0. The van der Waals surface area contributed by atoms with Gasteiger partial charge in [-0.1, -0.05) is 6.92 Å². The van der Waals surface area contributed by atoms with Gasteiger partial charge in [-0.15, -0.1) is 0 Å². The molecule has 1 amide bonds. The third-order valence-electron chi connectivity index (χ3n) is 3.65. The highest BCUT2D eigenvalue weighted by atomic mass is 16.5. The number of hydrogen-bond acceptors (Lipinski definition) is 4. The third kappa shape index (κ3) is 4.63. The van der Waals surface area contributed by atoms with E-state index in [2.05, 4.69) is 17.6 Å². The lowest BCUT2D eigenvalue weighted by Gasteiger charge is -2.25. The van der Waals surface area contributed by atoms with Crippen LogP contribution in [0.15, 0.2) is 18.2 Å². The maximum absolute atomic E-state index is 12.2. The molecule has 0 aliphatic carbocycles. The van der Waals surface area contributed by atoms with Gasteiger partial charge in [-0.3, -0.25) is 4.79 Å². The smallest absolute Gasteiger partial charge is 0.226 e. The lowest BCUT2D eigenvalue weighted by Crippen LogP contribution is -2.40. The minimum Gasteiger partial charge on any atom is -0.494 e. The maximum atomic E-state index is 12.2. The number of ether oxygens (including phenoxy) is 2. The predicted molar refractivity (Wildman–Crippen MR) is 86.5 cm³/mol. The van der Waals surface area contributed by atoms with Gasteiger partial charge in [0.1, 0.15) is 18.1 Å². The monoisotopic (exact) mass is 306 g/mol. The van der Waals surface area contributed by atoms with Crippen LogP contribution >= 0.6 is 0 Å². The zero-order valence-corrected chi connectivity index (χ0v) is 13.5. The third-order valence-corrected chi connectivity index (χ3v) is 3.65. The molecule has 1 atom stereocenters. The summed E-state index contributed by atoms with van der Waals surface area (Å²) in [6.45, 7) is 7.59. The molecule has 0 radical (unpaired) electrons. The summed E-state index contributed by atoms with van der Waals surface area (Å²) in [6.07, 6.45) is 1.80. The van der Waals surface area contributed by atoms with Crippen LogP contribution in [0.3, 0.4) is 0 Å². The topological polar surface area (TPSA) is 59.6 Å². The van der Waals surface area contributed by atoms with Gasteiger partial charge in [-0.25, -0.2) is 0 Å². The molecule has 1 aliphatic heterocycles. The molecule has 2 N–H and O–H groups in total. The van der Waals surface area contributed by atoms with Crippen LogP contribution in [0.4, 0.5) is 0 Å². The lowest BCUT2D eigenvalue weighted by molar-refractivity contribution is -0.126. The van der Waals surface area contributed by atoms with E-state index >= 15 is 0 Å². The maximum Gasteiger partial charge on any atom is 0.226 e.